The summed E-state index contributed by atoms with van der Waals surface area (Å²) in [5, 5.41) is 10.1. The molecule has 0 aromatic heterocycles. The van der Waals surface area contributed by atoms with Crippen LogP contribution in [-0.4, -0.2) is 5.11 Å². The van der Waals surface area contributed by atoms with Gasteiger partial charge in [0.25, 0.3) is 0 Å². The van der Waals surface area contributed by atoms with Crippen molar-refractivity contribution < 1.29 is 5.11 Å². The Morgan fingerprint density at radius 1 is 0.875 bits per heavy atom. The highest BCUT2D eigenvalue weighted by Crippen LogP contribution is 2.42. The van der Waals surface area contributed by atoms with Gasteiger partial charge in [0, 0.05) is 10.0 Å². The van der Waals surface area contributed by atoms with Crippen LogP contribution in [0.4, 0.5) is 0 Å². The molecular formula is C14H21BrO. The lowest BCUT2D eigenvalue weighted by molar-refractivity contribution is 0.434. The molecule has 0 aliphatic rings. The molecule has 0 aliphatic carbocycles. The molecule has 1 rings (SSSR count). The maximum absolute atomic E-state index is 10.1. The van der Waals surface area contributed by atoms with Crippen molar-refractivity contribution in [2.45, 2.75) is 52.4 Å². The minimum absolute atomic E-state index is 0.0141. The molecule has 0 radical (unpaired) electrons. The van der Waals surface area contributed by atoms with Crippen LogP contribution in [0.25, 0.3) is 0 Å². The molecular weight excluding hydrogens is 264 g/mol. The van der Waals surface area contributed by atoms with Gasteiger partial charge in [0.2, 0.25) is 0 Å². The summed E-state index contributed by atoms with van der Waals surface area (Å²) in [5.41, 5.74) is 2.19. The predicted octanol–water partition coefficient (Wildman–Crippen LogP) is 4.75. The quantitative estimate of drug-likeness (QED) is 0.729. The predicted molar refractivity (Wildman–Crippen MR) is 73.2 cm³/mol. The number of benzene rings is 1. The van der Waals surface area contributed by atoms with Crippen LogP contribution >= 0.6 is 15.9 Å². The fourth-order valence-corrected chi connectivity index (χ4v) is 2.98. The first kappa shape index (κ1) is 13.6. The van der Waals surface area contributed by atoms with Gasteiger partial charge in [-0.3, -0.25) is 0 Å². The van der Waals surface area contributed by atoms with Crippen LogP contribution in [0.1, 0.15) is 52.7 Å². The molecule has 1 aromatic rings. The van der Waals surface area contributed by atoms with Crippen molar-refractivity contribution in [1.29, 1.82) is 0 Å². The van der Waals surface area contributed by atoms with Crippen molar-refractivity contribution in [3.05, 3.63) is 27.7 Å². The van der Waals surface area contributed by atoms with Gasteiger partial charge < -0.3 is 5.11 Å². The third kappa shape index (κ3) is 2.60. The first-order valence-electron chi connectivity index (χ1n) is 5.57. The molecule has 1 aromatic carbocycles. The van der Waals surface area contributed by atoms with Crippen molar-refractivity contribution >= 4 is 15.9 Å². The SMILES string of the molecule is CC(C)(C)c1c(O)ccc(Br)c1C(C)(C)C. The molecule has 0 saturated heterocycles. The normalized spacial score (nSPS) is 12.9. The van der Waals surface area contributed by atoms with E-state index in [-0.39, 0.29) is 10.8 Å². The van der Waals surface area contributed by atoms with E-state index < -0.39 is 0 Å². The second kappa shape index (κ2) is 4.06. The molecule has 2 heteroatoms. The van der Waals surface area contributed by atoms with E-state index in [0.717, 1.165) is 10.0 Å². The molecule has 1 nitrogen and oxygen atoms in total. The molecule has 0 unspecified atom stereocenters. The Bertz CT molecular complexity index is 355. The van der Waals surface area contributed by atoms with E-state index in [4.69, 9.17) is 0 Å². The molecule has 0 atom stereocenters. The van der Waals surface area contributed by atoms with E-state index in [9.17, 15) is 5.11 Å². The summed E-state index contributed by atoms with van der Waals surface area (Å²) in [6.45, 7) is 12.9. The van der Waals surface area contributed by atoms with Gasteiger partial charge in [-0.2, -0.15) is 0 Å². The molecule has 1 N–H and O–H groups in total. The molecule has 0 heterocycles. The number of hydrogen-bond donors (Lipinski definition) is 1. The summed E-state index contributed by atoms with van der Waals surface area (Å²) in [7, 11) is 0. The second-order valence-electron chi connectivity index (χ2n) is 6.32. The summed E-state index contributed by atoms with van der Waals surface area (Å²) in [4.78, 5) is 0. The standard InChI is InChI=1S/C14H21BrO/c1-13(2,3)11-9(15)7-8-10(16)12(11)14(4,5)6/h7-8,16H,1-6H3. The van der Waals surface area contributed by atoms with E-state index in [1.165, 1.54) is 5.56 Å². The van der Waals surface area contributed by atoms with E-state index in [1.807, 2.05) is 6.07 Å². The van der Waals surface area contributed by atoms with Gasteiger partial charge in [-0.15, -0.1) is 0 Å². The fraction of sp³-hybridized carbons (Fsp3) is 0.571. The van der Waals surface area contributed by atoms with E-state index in [0.29, 0.717) is 5.75 Å². The Labute approximate surface area is 107 Å². The lowest BCUT2D eigenvalue weighted by Crippen LogP contribution is -2.22. The number of phenols is 1. The zero-order chi connectivity index (χ0) is 12.7. The Morgan fingerprint density at radius 3 is 1.62 bits per heavy atom. The van der Waals surface area contributed by atoms with Crippen LogP contribution in [0.2, 0.25) is 0 Å². The van der Waals surface area contributed by atoms with Gasteiger partial charge in [-0.1, -0.05) is 57.5 Å². The highest BCUT2D eigenvalue weighted by molar-refractivity contribution is 9.10. The van der Waals surface area contributed by atoms with Crippen molar-refractivity contribution in [2.24, 2.45) is 0 Å². The van der Waals surface area contributed by atoms with Gasteiger partial charge in [-0.25, -0.2) is 0 Å². The van der Waals surface area contributed by atoms with Crippen LogP contribution in [-0.2, 0) is 10.8 Å². The maximum Gasteiger partial charge on any atom is 0.119 e. The lowest BCUT2D eigenvalue weighted by Gasteiger charge is -2.31. The number of phenolic OH excluding ortho intramolecular Hbond substituents is 1. The number of hydrogen-bond acceptors (Lipinski definition) is 1. The van der Waals surface area contributed by atoms with Gasteiger partial charge >= 0.3 is 0 Å². The summed E-state index contributed by atoms with van der Waals surface area (Å²) < 4.78 is 1.07. The van der Waals surface area contributed by atoms with Crippen molar-refractivity contribution in [3.8, 4) is 5.75 Å². The van der Waals surface area contributed by atoms with Crippen LogP contribution in [0.3, 0.4) is 0 Å². The molecule has 0 aliphatic heterocycles. The molecule has 0 fully saturated rings. The first-order valence-corrected chi connectivity index (χ1v) is 6.37. The Morgan fingerprint density at radius 2 is 1.31 bits per heavy atom. The largest absolute Gasteiger partial charge is 0.508 e. The second-order valence-corrected chi connectivity index (χ2v) is 7.17. The van der Waals surface area contributed by atoms with E-state index >= 15 is 0 Å². The van der Waals surface area contributed by atoms with Crippen molar-refractivity contribution in [1.82, 2.24) is 0 Å². The fourth-order valence-electron chi connectivity index (χ4n) is 2.06. The highest BCUT2D eigenvalue weighted by atomic mass is 79.9. The topological polar surface area (TPSA) is 20.2 Å². The Kier molecular flexibility index (Phi) is 3.45. The minimum Gasteiger partial charge on any atom is -0.508 e. The highest BCUT2D eigenvalue weighted by Gasteiger charge is 2.29. The minimum atomic E-state index is -0.0591. The zero-order valence-electron chi connectivity index (χ0n) is 11.0. The average molecular weight is 285 g/mol. The molecule has 0 amide bonds. The van der Waals surface area contributed by atoms with Gasteiger partial charge in [0.05, 0.1) is 0 Å². The smallest absolute Gasteiger partial charge is 0.119 e. The van der Waals surface area contributed by atoms with Gasteiger partial charge in [0.15, 0.2) is 0 Å². The number of aromatic hydroxyl groups is 1. The summed E-state index contributed by atoms with van der Waals surface area (Å²) in [6, 6.07) is 3.69. The monoisotopic (exact) mass is 284 g/mol. The van der Waals surface area contributed by atoms with Crippen LogP contribution in [0.5, 0.6) is 5.75 Å². The van der Waals surface area contributed by atoms with Crippen LogP contribution in [0.15, 0.2) is 16.6 Å². The Balaban J connectivity index is 3.64. The van der Waals surface area contributed by atoms with Crippen LogP contribution < -0.4 is 0 Å². The Hall–Kier alpha value is -0.500. The van der Waals surface area contributed by atoms with Crippen molar-refractivity contribution in [3.63, 3.8) is 0 Å². The third-order valence-corrected chi connectivity index (χ3v) is 3.29. The maximum atomic E-state index is 10.1. The zero-order valence-corrected chi connectivity index (χ0v) is 12.6. The number of halogens is 1. The van der Waals surface area contributed by atoms with E-state index in [1.54, 1.807) is 6.07 Å². The summed E-state index contributed by atoms with van der Waals surface area (Å²) in [6.07, 6.45) is 0. The summed E-state index contributed by atoms with van der Waals surface area (Å²) >= 11 is 3.60. The lowest BCUT2D eigenvalue weighted by atomic mass is 9.75. The van der Waals surface area contributed by atoms with Crippen LogP contribution in [0, 0.1) is 0 Å². The third-order valence-electron chi connectivity index (χ3n) is 2.63. The molecule has 0 saturated carbocycles. The van der Waals surface area contributed by atoms with Gasteiger partial charge in [-0.05, 0) is 28.5 Å². The first-order chi connectivity index (χ1) is 7.05. The number of rotatable bonds is 0. The molecule has 90 valence electrons. The molecule has 0 bridgehead atoms. The van der Waals surface area contributed by atoms with Crippen molar-refractivity contribution in [2.75, 3.05) is 0 Å². The molecule has 0 spiro atoms. The summed E-state index contributed by atoms with van der Waals surface area (Å²) in [5.74, 6) is 0.389. The van der Waals surface area contributed by atoms with E-state index in [2.05, 4.69) is 57.5 Å². The van der Waals surface area contributed by atoms with Gasteiger partial charge in [0.1, 0.15) is 5.75 Å². The average Bonchev–Trinajstić information content (AvgIpc) is 2.04. The molecule has 16 heavy (non-hydrogen) atoms.